The normalized spacial score (nSPS) is 12.7. The predicted octanol–water partition coefficient (Wildman–Crippen LogP) is 4.38. The highest BCUT2D eigenvalue weighted by Crippen LogP contribution is 2.31. The van der Waals surface area contributed by atoms with Gasteiger partial charge in [-0.25, -0.2) is 4.39 Å². The number of nitrogens with two attached hydrogens (primary N) is 1. The SMILES string of the molecule is CCc1oc2ccccc2c1C(N)Cc1cccc(F)c1. The van der Waals surface area contributed by atoms with Crippen molar-refractivity contribution in [2.75, 3.05) is 0 Å². The van der Waals surface area contributed by atoms with E-state index in [1.54, 1.807) is 6.07 Å². The lowest BCUT2D eigenvalue weighted by Gasteiger charge is -2.12. The van der Waals surface area contributed by atoms with Crippen LogP contribution in [-0.4, -0.2) is 0 Å². The molecule has 2 N–H and O–H groups in total. The van der Waals surface area contributed by atoms with Gasteiger partial charge in [0.05, 0.1) is 0 Å². The number of aryl methyl sites for hydroxylation is 1. The number of furan rings is 1. The zero-order chi connectivity index (χ0) is 14.8. The van der Waals surface area contributed by atoms with Crippen molar-refractivity contribution in [3.05, 3.63) is 71.2 Å². The maximum absolute atomic E-state index is 13.3. The number of hydrogen-bond acceptors (Lipinski definition) is 2. The number of halogens is 1. The zero-order valence-electron chi connectivity index (χ0n) is 12.0. The fourth-order valence-electron chi connectivity index (χ4n) is 2.81. The van der Waals surface area contributed by atoms with Crippen LogP contribution in [0, 0.1) is 5.82 Å². The molecule has 0 aliphatic rings. The van der Waals surface area contributed by atoms with Crippen molar-refractivity contribution in [2.45, 2.75) is 25.8 Å². The molecule has 3 aromatic rings. The molecule has 2 nitrogen and oxygen atoms in total. The second-order valence-electron chi connectivity index (χ2n) is 5.23. The first-order valence-corrected chi connectivity index (χ1v) is 7.19. The highest BCUT2D eigenvalue weighted by molar-refractivity contribution is 5.82. The third-order valence-corrected chi connectivity index (χ3v) is 3.75. The lowest BCUT2D eigenvalue weighted by molar-refractivity contribution is 0.540. The van der Waals surface area contributed by atoms with E-state index in [-0.39, 0.29) is 11.9 Å². The largest absolute Gasteiger partial charge is 0.461 e. The van der Waals surface area contributed by atoms with Gasteiger partial charge in [0.2, 0.25) is 0 Å². The summed E-state index contributed by atoms with van der Waals surface area (Å²) in [6.07, 6.45) is 1.38. The van der Waals surface area contributed by atoms with Gasteiger partial charge in [0.1, 0.15) is 17.2 Å². The second kappa shape index (κ2) is 5.70. The fraction of sp³-hybridized carbons (Fsp3) is 0.222. The highest BCUT2D eigenvalue weighted by Gasteiger charge is 2.19. The summed E-state index contributed by atoms with van der Waals surface area (Å²) < 4.78 is 19.2. The van der Waals surface area contributed by atoms with Gasteiger partial charge in [0.25, 0.3) is 0 Å². The molecule has 0 fully saturated rings. The molecule has 0 saturated carbocycles. The lowest BCUT2D eigenvalue weighted by Crippen LogP contribution is -2.14. The summed E-state index contributed by atoms with van der Waals surface area (Å²) in [5, 5.41) is 1.05. The van der Waals surface area contributed by atoms with Crippen molar-refractivity contribution in [3.63, 3.8) is 0 Å². The summed E-state index contributed by atoms with van der Waals surface area (Å²) in [5.41, 5.74) is 9.18. The van der Waals surface area contributed by atoms with Gasteiger partial charge in [-0.1, -0.05) is 37.3 Å². The molecule has 1 aromatic heterocycles. The topological polar surface area (TPSA) is 39.2 Å². The van der Waals surface area contributed by atoms with E-state index in [2.05, 4.69) is 6.92 Å². The van der Waals surface area contributed by atoms with Gasteiger partial charge in [-0.15, -0.1) is 0 Å². The predicted molar refractivity (Wildman–Crippen MR) is 82.6 cm³/mol. The van der Waals surface area contributed by atoms with Gasteiger partial charge < -0.3 is 10.2 Å². The summed E-state index contributed by atoms with van der Waals surface area (Å²) in [6.45, 7) is 2.05. The van der Waals surface area contributed by atoms with Crippen molar-refractivity contribution >= 4 is 11.0 Å². The number of fused-ring (bicyclic) bond motifs is 1. The molecule has 1 heterocycles. The van der Waals surface area contributed by atoms with Crippen LogP contribution < -0.4 is 5.73 Å². The minimum Gasteiger partial charge on any atom is -0.461 e. The number of benzene rings is 2. The Balaban J connectivity index is 1.99. The molecular formula is C18H18FNO. The van der Waals surface area contributed by atoms with Crippen LogP contribution in [0.3, 0.4) is 0 Å². The molecule has 0 amide bonds. The van der Waals surface area contributed by atoms with E-state index in [9.17, 15) is 4.39 Å². The molecule has 1 atom stereocenters. The van der Waals surface area contributed by atoms with E-state index >= 15 is 0 Å². The van der Waals surface area contributed by atoms with E-state index in [1.807, 2.05) is 30.3 Å². The fourth-order valence-corrected chi connectivity index (χ4v) is 2.81. The maximum Gasteiger partial charge on any atom is 0.134 e. The van der Waals surface area contributed by atoms with E-state index in [1.165, 1.54) is 12.1 Å². The lowest BCUT2D eigenvalue weighted by atomic mass is 9.96. The Labute approximate surface area is 123 Å². The Kier molecular flexibility index (Phi) is 3.76. The van der Waals surface area contributed by atoms with Gasteiger partial charge >= 0.3 is 0 Å². The molecule has 0 aliphatic heterocycles. The average Bonchev–Trinajstić information content (AvgIpc) is 2.85. The molecule has 21 heavy (non-hydrogen) atoms. The third-order valence-electron chi connectivity index (χ3n) is 3.75. The Hall–Kier alpha value is -2.13. The Morgan fingerprint density at radius 2 is 1.95 bits per heavy atom. The molecule has 0 bridgehead atoms. The Bertz CT molecular complexity index is 763. The van der Waals surface area contributed by atoms with Crippen LogP contribution in [0.15, 0.2) is 52.9 Å². The Morgan fingerprint density at radius 1 is 1.14 bits per heavy atom. The van der Waals surface area contributed by atoms with Gasteiger partial charge in [-0.3, -0.25) is 0 Å². The maximum atomic E-state index is 13.3. The standard InChI is InChI=1S/C18H18FNO/c1-2-16-18(14-8-3-4-9-17(14)21-16)15(20)11-12-6-5-7-13(19)10-12/h3-10,15H,2,11,20H2,1H3. The first-order chi connectivity index (χ1) is 10.2. The van der Waals surface area contributed by atoms with Crippen LogP contribution >= 0.6 is 0 Å². The smallest absolute Gasteiger partial charge is 0.134 e. The van der Waals surface area contributed by atoms with Gasteiger partial charge in [-0.2, -0.15) is 0 Å². The van der Waals surface area contributed by atoms with E-state index in [0.717, 1.165) is 34.3 Å². The molecule has 3 heteroatoms. The minimum absolute atomic E-state index is 0.203. The summed E-state index contributed by atoms with van der Waals surface area (Å²) in [4.78, 5) is 0. The molecule has 0 aliphatic carbocycles. The Morgan fingerprint density at radius 3 is 2.71 bits per heavy atom. The first-order valence-electron chi connectivity index (χ1n) is 7.19. The molecule has 0 saturated heterocycles. The first kappa shape index (κ1) is 13.8. The summed E-state index contributed by atoms with van der Waals surface area (Å²) in [5.74, 6) is 0.688. The van der Waals surface area contributed by atoms with E-state index < -0.39 is 0 Å². The van der Waals surface area contributed by atoms with Crippen molar-refractivity contribution < 1.29 is 8.81 Å². The average molecular weight is 283 g/mol. The molecule has 1 unspecified atom stereocenters. The summed E-state index contributed by atoms with van der Waals surface area (Å²) in [7, 11) is 0. The number of rotatable bonds is 4. The summed E-state index contributed by atoms with van der Waals surface area (Å²) >= 11 is 0. The zero-order valence-corrected chi connectivity index (χ0v) is 12.0. The van der Waals surface area contributed by atoms with E-state index in [4.69, 9.17) is 10.2 Å². The monoisotopic (exact) mass is 283 g/mol. The molecule has 3 rings (SSSR count). The van der Waals surface area contributed by atoms with Gasteiger partial charge in [-0.05, 0) is 30.2 Å². The van der Waals surface area contributed by atoms with Crippen LogP contribution in [0.25, 0.3) is 11.0 Å². The van der Waals surface area contributed by atoms with Crippen LogP contribution in [0.2, 0.25) is 0 Å². The minimum atomic E-state index is -0.229. The van der Waals surface area contributed by atoms with Crippen molar-refractivity contribution in [3.8, 4) is 0 Å². The highest BCUT2D eigenvalue weighted by atomic mass is 19.1. The van der Waals surface area contributed by atoms with Crippen molar-refractivity contribution in [1.82, 2.24) is 0 Å². The summed E-state index contributed by atoms with van der Waals surface area (Å²) in [6, 6.07) is 14.3. The molecule has 108 valence electrons. The molecular weight excluding hydrogens is 265 g/mol. The van der Waals surface area contributed by atoms with Crippen molar-refractivity contribution in [2.24, 2.45) is 5.73 Å². The van der Waals surface area contributed by atoms with Crippen molar-refractivity contribution in [1.29, 1.82) is 0 Å². The van der Waals surface area contributed by atoms with Gasteiger partial charge in [0, 0.05) is 23.4 Å². The second-order valence-corrected chi connectivity index (χ2v) is 5.23. The third kappa shape index (κ3) is 2.69. The molecule has 0 spiro atoms. The molecule has 2 aromatic carbocycles. The number of hydrogen-bond donors (Lipinski definition) is 1. The van der Waals surface area contributed by atoms with Gasteiger partial charge in [0.15, 0.2) is 0 Å². The quantitative estimate of drug-likeness (QED) is 0.772. The van der Waals surface area contributed by atoms with E-state index in [0.29, 0.717) is 6.42 Å². The number of para-hydroxylation sites is 1. The molecule has 0 radical (unpaired) electrons. The van der Waals surface area contributed by atoms with Crippen LogP contribution in [-0.2, 0) is 12.8 Å². The van der Waals surface area contributed by atoms with Crippen LogP contribution in [0.4, 0.5) is 4.39 Å². The van der Waals surface area contributed by atoms with Crippen LogP contribution in [0.1, 0.15) is 29.9 Å². The van der Waals surface area contributed by atoms with Crippen LogP contribution in [0.5, 0.6) is 0 Å².